The molecule has 3 rings (SSSR count). The lowest BCUT2D eigenvalue weighted by Crippen LogP contribution is -2.50. The van der Waals surface area contributed by atoms with E-state index in [1.54, 1.807) is 12.4 Å². The van der Waals surface area contributed by atoms with Gasteiger partial charge < -0.3 is 10.1 Å². The standard InChI is InChI=1S/C18H26N4O2/c1-3-5-22-6-4-17-14(11-22)7-15(12-24-17)18(23)21-10-16-9-19-13(2)8-20-16/h3,8-9,14-15,17H,1,4-7,10-12H2,2H3,(H,21,23)/t14-,15-,17+/m0/s1. The maximum atomic E-state index is 12.5. The minimum absolute atomic E-state index is 0.0525. The highest BCUT2D eigenvalue weighted by atomic mass is 16.5. The summed E-state index contributed by atoms with van der Waals surface area (Å²) < 4.78 is 5.97. The van der Waals surface area contributed by atoms with E-state index < -0.39 is 0 Å². The smallest absolute Gasteiger partial charge is 0.225 e. The van der Waals surface area contributed by atoms with E-state index >= 15 is 0 Å². The number of likely N-dealkylation sites (tertiary alicyclic amines) is 1. The minimum Gasteiger partial charge on any atom is -0.377 e. The molecular weight excluding hydrogens is 304 g/mol. The maximum Gasteiger partial charge on any atom is 0.225 e. The molecule has 0 bridgehead atoms. The van der Waals surface area contributed by atoms with Gasteiger partial charge in [0.2, 0.25) is 5.91 Å². The van der Waals surface area contributed by atoms with E-state index in [0.29, 0.717) is 25.2 Å². The molecule has 0 aromatic carbocycles. The van der Waals surface area contributed by atoms with Gasteiger partial charge in [0.25, 0.3) is 0 Å². The summed E-state index contributed by atoms with van der Waals surface area (Å²) in [5, 5.41) is 2.97. The van der Waals surface area contributed by atoms with E-state index in [1.165, 1.54) is 0 Å². The van der Waals surface area contributed by atoms with Crippen molar-refractivity contribution in [2.45, 2.75) is 32.4 Å². The molecule has 24 heavy (non-hydrogen) atoms. The van der Waals surface area contributed by atoms with E-state index in [-0.39, 0.29) is 11.8 Å². The van der Waals surface area contributed by atoms with Crippen molar-refractivity contribution in [3.8, 4) is 0 Å². The zero-order valence-corrected chi connectivity index (χ0v) is 14.3. The number of hydrogen-bond donors (Lipinski definition) is 1. The number of fused-ring (bicyclic) bond motifs is 1. The SMILES string of the molecule is C=CCN1CC[C@H]2OC[C@@H](C(=O)NCc3cnc(C)cn3)C[C@H]2C1. The average Bonchev–Trinajstić information content (AvgIpc) is 2.60. The van der Waals surface area contributed by atoms with Crippen LogP contribution < -0.4 is 5.32 Å². The summed E-state index contributed by atoms with van der Waals surface area (Å²) in [5.41, 5.74) is 1.65. The molecule has 6 nitrogen and oxygen atoms in total. The first-order valence-corrected chi connectivity index (χ1v) is 8.65. The molecule has 1 aromatic rings. The highest BCUT2D eigenvalue weighted by Gasteiger charge is 2.37. The van der Waals surface area contributed by atoms with Crippen LogP contribution in [0.5, 0.6) is 0 Å². The molecule has 0 radical (unpaired) electrons. The summed E-state index contributed by atoms with van der Waals surface area (Å²) in [4.78, 5) is 23.3. The Labute approximate surface area is 143 Å². The number of hydrogen-bond acceptors (Lipinski definition) is 5. The fourth-order valence-electron chi connectivity index (χ4n) is 3.57. The topological polar surface area (TPSA) is 67.3 Å². The van der Waals surface area contributed by atoms with Crippen LogP contribution in [-0.2, 0) is 16.1 Å². The molecule has 2 saturated heterocycles. The van der Waals surface area contributed by atoms with Crippen molar-refractivity contribution in [1.82, 2.24) is 20.2 Å². The van der Waals surface area contributed by atoms with Gasteiger partial charge in [-0.2, -0.15) is 0 Å². The molecule has 1 N–H and O–H groups in total. The molecule has 0 spiro atoms. The Morgan fingerprint density at radius 3 is 3.12 bits per heavy atom. The summed E-state index contributed by atoms with van der Waals surface area (Å²) in [6.07, 6.45) is 7.61. The number of ether oxygens (including phenoxy) is 1. The number of nitrogens with one attached hydrogen (secondary N) is 1. The number of carbonyl (C=O) groups is 1. The first-order chi connectivity index (χ1) is 11.7. The Hall–Kier alpha value is -1.79. The lowest BCUT2D eigenvalue weighted by Gasteiger charge is -2.42. The minimum atomic E-state index is -0.0756. The second-order valence-electron chi connectivity index (χ2n) is 6.77. The van der Waals surface area contributed by atoms with Crippen LogP contribution >= 0.6 is 0 Å². The van der Waals surface area contributed by atoms with Crippen LogP contribution in [0.1, 0.15) is 24.2 Å². The highest BCUT2D eigenvalue weighted by Crippen LogP contribution is 2.31. The number of aromatic nitrogens is 2. The van der Waals surface area contributed by atoms with Crippen molar-refractivity contribution in [2.24, 2.45) is 11.8 Å². The Balaban J connectivity index is 1.50. The third kappa shape index (κ3) is 4.19. The van der Waals surface area contributed by atoms with Crippen molar-refractivity contribution >= 4 is 5.91 Å². The van der Waals surface area contributed by atoms with Crippen molar-refractivity contribution in [2.75, 3.05) is 26.2 Å². The van der Waals surface area contributed by atoms with Gasteiger partial charge in [-0.1, -0.05) is 6.08 Å². The molecule has 2 fully saturated rings. The fourth-order valence-corrected chi connectivity index (χ4v) is 3.57. The summed E-state index contributed by atoms with van der Waals surface area (Å²) in [6.45, 7) is 9.59. The lowest BCUT2D eigenvalue weighted by atomic mass is 9.83. The van der Waals surface area contributed by atoms with Crippen LogP contribution in [0.3, 0.4) is 0 Å². The fraction of sp³-hybridized carbons (Fsp3) is 0.611. The maximum absolute atomic E-state index is 12.5. The van der Waals surface area contributed by atoms with E-state index in [2.05, 4.69) is 26.8 Å². The molecule has 2 aliphatic rings. The number of nitrogens with zero attached hydrogens (tertiary/aromatic N) is 3. The van der Waals surface area contributed by atoms with Crippen LogP contribution in [0.4, 0.5) is 0 Å². The molecule has 1 amide bonds. The third-order valence-electron chi connectivity index (χ3n) is 4.88. The number of aryl methyl sites for hydroxylation is 1. The van der Waals surface area contributed by atoms with Gasteiger partial charge in [-0.25, -0.2) is 0 Å². The first-order valence-electron chi connectivity index (χ1n) is 8.65. The van der Waals surface area contributed by atoms with E-state index in [9.17, 15) is 4.79 Å². The molecule has 6 heteroatoms. The van der Waals surface area contributed by atoms with Gasteiger partial charge in [-0.15, -0.1) is 6.58 Å². The van der Waals surface area contributed by atoms with Crippen molar-refractivity contribution < 1.29 is 9.53 Å². The van der Waals surface area contributed by atoms with Crippen molar-refractivity contribution in [3.63, 3.8) is 0 Å². The van der Waals surface area contributed by atoms with Crippen LogP contribution in [0, 0.1) is 18.8 Å². The van der Waals surface area contributed by atoms with Gasteiger partial charge in [0.15, 0.2) is 0 Å². The summed E-state index contributed by atoms with van der Waals surface area (Å²) >= 11 is 0. The zero-order valence-electron chi connectivity index (χ0n) is 14.3. The van der Waals surface area contributed by atoms with E-state index in [0.717, 1.165) is 43.9 Å². The monoisotopic (exact) mass is 330 g/mol. The van der Waals surface area contributed by atoms with Gasteiger partial charge in [-0.05, 0) is 25.7 Å². The molecular formula is C18H26N4O2. The Kier molecular flexibility index (Phi) is 5.58. The Bertz CT molecular complexity index is 575. The predicted molar refractivity (Wildman–Crippen MR) is 91.2 cm³/mol. The second kappa shape index (κ2) is 7.85. The summed E-state index contributed by atoms with van der Waals surface area (Å²) in [5.74, 6) is 0.410. The lowest BCUT2D eigenvalue weighted by molar-refractivity contribution is -0.139. The van der Waals surface area contributed by atoms with Crippen LogP contribution in [-0.4, -0.2) is 53.1 Å². The number of piperidine rings is 1. The number of carbonyl (C=O) groups excluding carboxylic acids is 1. The molecule has 0 unspecified atom stereocenters. The van der Waals surface area contributed by atoms with Crippen LogP contribution in [0.15, 0.2) is 25.0 Å². The zero-order chi connectivity index (χ0) is 16.9. The Morgan fingerprint density at radius 1 is 1.50 bits per heavy atom. The summed E-state index contributed by atoms with van der Waals surface area (Å²) in [6, 6.07) is 0. The molecule has 1 aromatic heterocycles. The molecule has 3 atom stereocenters. The van der Waals surface area contributed by atoms with Gasteiger partial charge >= 0.3 is 0 Å². The molecule has 3 heterocycles. The first kappa shape index (κ1) is 17.0. The van der Waals surface area contributed by atoms with Gasteiger partial charge in [0.1, 0.15) is 0 Å². The average molecular weight is 330 g/mol. The van der Waals surface area contributed by atoms with Gasteiger partial charge in [-0.3, -0.25) is 19.7 Å². The molecule has 130 valence electrons. The van der Waals surface area contributed by atoms with Crippen molar-refractivity contribution in [3.05, 3.63) is 36.4 Å². The van der Waals surface area contributed by atoms with Crippen LogP contribution in [0.25, 0.3) is 0 Å². The number of amides is 1. The Morgan fingerprint density at radius 2 is 2.38 bits per heavy atom. The molecule has 0 saturated carbocycles. The normalized spacial score (nSPS) is 27.3. The van der Waals surface area contributed by atoms with Crippen LogP contribution in [0.2, 0.25) is 0 Å². The van der Waals surface area contributed by atoms with Crippen molar-refractivity contribution in [1.29, 1.82) is 0 Å². The number of rotatable bonds is 5. The second-order valence-corrected chi connectivity index (χ2v) is 6.77. The largest absolute Gasteiger partial charge is 0.377 e. The van der Waals surface area contributed by atoms with Gasteiger partial charge in [0, 0.05) is 25.8 Å². The molecule has 2 aliphatic heterocycles. The summed E-state index contributed by atoms with van der Waals surface area (Å²) in [7, 11) is 0. The predicted octanol–water partition coefficient (Wildman–Crippen LogP) is 1.31. The van der Waals surface area contributed by atoms with Gasteiger partial charge in [0.05, 0.1) is 42.8 Å². The highest BCUT2D eigenvalue weighted by molar-refractivity contribution is 5.78. The van der Waals surface area contributed by atoms with E-state index in [1.807, 2.05) is 13.0 Å². The van der Waals surface area contributed by atoms with E-state index in [4.69, 9.17) is 4.74 Å². The quantitative estimate of drug-likeness (QED) is 0.825. The third-order valence-corrected chi connectivity index (χ3v) is 4.88. The molecule has 0 aliphatic carbocycles.